The van der Waals surface area contributed by atoms with Crippen LogP contribution in [-0.4, -0.2) is 6.04 Å². The number of hydrogen-bond acceptors (Lipinski definition) is 2. The summed E-state index contributed by atoms with van der Waals surface area (Å²) >= 11 is 1.70. The van der Waals surface area contributed by atoms with Gasteiger partial charge in [0.1, 0.15) is 0 Å². The van der Waals surface area contributed by atoms with Crippen LogP contribution in [0.15, 0.2) is 47.8 Å². The zero-order valence-electron chi connectivity index (χ0n) is 11.4. The molecule has 0 spiro atoms. The Balaban J connectivity index is 1.74. The van der Waals surface area contributed by atoms with Gasteiger partial charge in [-0.3, -0.25) is 0 Å². The number of benzene rings is 2. The third-order valence-electron chi connectivity index (χ3n) is 3.53. The fraction of sp³-hybridized carbons (Fsp3) is 0.176. The van der Waals surface area contributed by atoms with Crippen LogP contribution in [0, 0.1) is 11.6 Å². The molecule has 21 heavy (non-hydrogen) atoms. The lowest BCUT2D eigenvalue weighted by molar-refractivity contribution is 0.506. The van der Waals surface area contributed by atoms with Crippen LogP contribution in [0.5, 0.6) is 0 Å². The van der Waals surface area contributed by atoms with Crippen LogP contribution >= 0.6 is 11.3 Å². The Bertz CT molecular complexity index is 766. The number of fused-ring (bicyclic) bond motifs is 1. The largest absolute Gasteiger partial charge is 0.327 e. The van der Waals surface area contributed by atoms with E-state index in [0.29, 0.717) is 6.42 Å². The van der Waals surface area contributed by atoms with Gasteiger partial charge in [0.2, 0.25) is 0 Å². The minimum Gasteiger partial charge on any atom is -0.327 e. The SMILES string of the molecule is NC(Cc1ccc(F)c(F)c1)Cc1csc2ccccc12. The van der Waals surface area contributed by atoms with Crippen molar-refractivity contribution in [1.29, 1.82) is 0 Å². The molecule has 0 aliphatic rings. The van der Waals surface area contributed by atoms with E-state index in [1.165, 1.54) is 21.7 Å². The third kappa shape index (κ3) is 3.12. The normalized spacial score (nSPS) is 12.7. The van der Waals surface area contributed by atoms with Crippen molar-refractivity contribution < 1.29 is 8.78 Å². The standard InChI is InChI=1S/C17H15F2NS/c18-15-6-5-11(8-16(15)19)7-13(20)9-12-10-21-17-4-2-1-3-14(12)17/h1-6,8,10,13H,7,9,20H2. The van der Waals surface area contributed by atoms with Gasteiger partial charge in [-0.1, -0.05) is 24.3 Å². The predicted octanol–water partition coefficient (Wildman–Crippen LogP) is 4.29. The summed E-state index contributed by atoms with van der Waals surface area (Å²) in [5.74, 6) is -1.64. The Hall–Kier alpha value is -1.78. The van der Waals surface area contributed by atoms with Gasteiger partial charge in [-0.05, 0) is 52.9 Å². The first kappa shape index (κ1) is 14.2. The molecule has 108 valence electrons. The van der Waals surface area contributed by atoms with Crippen LogP contribution in [0.25, 0.3) is 10.1 Å². The van der Waals surface area contributed by atoms with Crippen molar-refractivity contribution in [3.63, 3.8) is 0 Å². The molecular formula is C17H15F2NS. The second-order valence-electron chi connectivity index (χ2n) is 5.17. The molecule has 4 heteroatoms. The first-order valence-corrected chi connectivity index (χ1v) is 7.66. The van der Waals surface area contributed by atoms with E-state index < -0.39 is 11.6 Å². The molecule has 1 heterocycles. The van der Waals surface area contributed by atoms with E-state index >= 15 is 0 Å². The summed E-state index contributed by atoms with van der Waals surface area (Å²) in [6, 6.07) is 12.1. The average Bonchev–Trinajstić information content (AvgIpc) is 2.86. The number of halogens is 2. The van der Waals surface area contributed by atoms with Gasteiger partial charge in [0.25, 0.3) is 0 Å². The fourth-order valence-corrected chi connectivity index (χ4v) is 3.49. The smallest absolute Gasteiger partial charge is 0.159 e. The van der Waals surface area contributed by atoms with Crippen LogP contribution in [0.2, 0.25) is 0 Å². The molecule has 0 bridgehead atoms. The van der Waals surface area contributed by atoms with E-state index in [1.54, 1.807) is 17.4 Å². The molecule has 0 saturated heterocycles. The second kappa shape index (κ2) is 5.92. The van der Waals surface area contributed by atoms with Gasteiger partial charge >= 0.3 is 0 Å². The lowest BCUT2D eigenvalue weighted by Gasteiger charge is -2.11. The maximum Gasteiger partial charge on any atom is 0.159 e. The molecular weight excluding hydrogens is 288 g/mol. The van der Waals surface area contributed by atoms with Crippen molar-refractivity contribution in [2.45, 2.75) is 18.9 Å². The van der Waals surface area contributed by atoms with Crippen molar-refractivity contribution in [2.24, 2.45) is 5.73 Å². The van der Waals surface area contributed by atoms with Gasteiger partial charge < -0.3 is 5.73 Å². The van der Waals surface area contributed by atoms with Crippen LogP contribution in [-0.2, 0) is 12.8 Å². The van der Waals surface area contributed by atoms with Crippen molar-refractivity contribution in [3.8, 4) is 0 Å². The fourth-order valence-electron chi connectivity index (χ4n) is 2.51. The highest BCUT2D eigenvalue weighted by atomic mass is 32.1. The van der Waals surface area contributed by atoms with Crippen LogP contribution in [0.3, 0.4) is 0 Å². The highest BCUT2D eigenvalue weighted by molar-refractivity contribution is 7.17. The lowest BCUT2D eigenvalue weighted by Crippen LogP contribution is -2.25. The minimum absolute atomic E-state index is 0.118. The molecule has 1 nitrogen and oxygen atoms in total. The summed E-state index contributed by atoms with van der Waals surface area (Å²) < 4.78 is 27.4. The van der Waals surface area contributed by atoms with E-state index in [4.69, 9.17) is 5.73 Å². The summed E-state index contributed by atoms with van der Waals surface area (Å²) in [5.41, 5.74) is 8.10. The van der Waals surface area contributed by atoms with Crippen LogP contribution in [0.4, 0.5) is 8.78 Å². The summed E-state index contributed by atoms with van der Waals surface area (Å²) in [5, 5.41) is 3.35. The minimum atomic E-state index is -0.823. The van der Waals surface area contributed by atoms with Gasteiger partial charge in [-0.2, -0.15) is 0 Å². The Morgan fingerprint density at radius 3 is 2.62 bits per heavy atom. The summed E-state index contributed by atoms with van der Waals surface area (Å²) in [4.78, 5) is 0. The second-order valence-corrected chi connectivity index (χ2v) is 6.09. The molecule has 0 saturated carbocycles. The summed E-state index contributed by atoms with van der Waals surface area (Å²) in [6.07, 6.45) is 1.25. The molecule has 0 amide bonds. The van der Waals surface area contributed by atoms with Crippen LogP contribution in [0.1, 0.15) is 11.1 Å². The number of rotatable bonds is 4. The molecule has 0 aliphatic carbocycles. The van der Waals surface area contributed by atoms with E-state index in [0.717, 1.165) is 18.1 Å². The van der Waals surface area contributed by atoms with E-state index in [1.807, 2.05) is 12.1 Å². The highest BCUT2D eigenvalue weighted by Gasteiger charge is 2.11. The van der Waals surface area contributed by atoms with E-state index in [2.05, 4.69) is 17.5 Å². The molecule has 1 unspecified atom stereocenters. The summed E-state index contributed by atoms with van der Waals surface area (Å²) in [6.45, 7) is 0. The highest BCUT2D eigenvalue weighted by Crippen LogP contribution is 2.26. The van der Waals surface area contributed by atoms with E-state index in [9.17, 15) is 8.78 Å². The maximum atomic E-state index is 13.2. The zero-order chi connectivity index (χ0) is 14.8. The first-order chi connectivity index (χ1) is 10.1. The Morgan fingerprint density at radius 2 is 1.81 bits per heavy atom. The Kier molecular flexibility index (Phi) is 3.99. The predicted molar refractivity (Wildman–Crippen MR) is 83.6 cm³/mol. The number of hydrogen-bond donors (Lipinski definition) is 1. The number of thiophene rings is 1. The molecule has 1 aromatic heterocycles. The molecule has 0 fully saturated rings. The zero-order valence-corrected chi connectivity index (χ0v) is 12.2. The third-order valence-corrected chi connectivity index (χ3v) is 4.54. The van der Waals surface area contributed by atoms with Crippen molar-refractivity contribution in [1.82, 2.24) is 0 Å². The quantitative estimate of drug-likeness (QED) is 0.764. The van der Waals surface area contributed by atoms with Gasteiger partial charge in [0, 0.05) is 10.7 Å². The van der Waals surface area contributed by atoms with Gasteiger partial charge in [-0.15, -0.1) is 11.3 Å². The van der Waals surface area contributed by atoms with Gasteiger partial charge in [-0.25, -0.2) is 8.78 Å². The molecule has 1 atom stereocenters. The van der Waals surface area contributed by atoms with Crippen LogP contribution < -0.4 is 5.73 Å². The summed E-state index contributed by atoms with van der Waals surface area (Å²) in [7, 11) is 0. The number of nitrogens with two attached hydrogens (primary N) is 1. The Morgan fingerprint density at radius 1 is 1.00 bits per heavy atom. The molecule has 0 radical (unpaired) electrons. The monoisotopic (exact) mass is 303 g/mol. The molecule has 3 rings (SSSR count). The lowest BCUT2D eigenvalue weighted by atomic mass is 9.99. The molecule has 0 aliphatic heterocycles. The molecule has 3 aromatic rings. The molecule has 2 N–H and O–H groups in total. The maximum absolute atomic E-state index is 13.2. The molecule has 2 aromatic carbocycles. The van der Waals surface area contributed by atoms with Crippen molar-refractivity contribution >= 4 is 21.4 Å². The first-order valence-electron chi connectivity index (χ1n) is 6.78. The topological polar surface area (TPSA) is 26.0 Å². The van der Waals surface area contributed by atoms with Gasteiger partial charge in [0.15, 0.2) is 11.6 Å². The van der Waals surface area contributed by atoms with Gasteiger partial charge in [0.05, 0.1) is 0 Å². The van der Waals surface area contributed by atoms with E-state index in [-0.39, 0.29) is 6.04 Å². The Labute approximate surface area is 126 Å². The average molecular weight is 303 g/mol. The van der Waals surface area contributed by atoms with Crippen molar-refractivity contribution in [2.75, 3.05) is 0 Å². The van der Waals surface area contributed by atoms with Crippen molar-refractivity contribution in [3.05, 3.63) is 70.6 Å².